The molecule has 1 rings (SSSR count). The molecule has 0 aliphatic heterocycles. The first-order valence-electron chi connectivity index (χ1n) is 4.89. The standard InChI is InChI=1S/C11H15N3O2/c1-7-3-4-8(9(5-7)13-2)11(16)14-6-10(12)15/h3-5,13H,6H2,1-2H3,(H2,12,15)(H,14,16). The molecular weight excluding hydrogens is 206 g/mol. The molecule has 0 atom stereocenters. The summed E-state index contributed by atoms with van der Waals surface area (Å²) < 4.78 is 0. The number of carbonyl (C=O) groups is 2. The first kappa shape index (κ1) is 12.0. The van der Waals surface area contributed by atoms with E-state index >= 15 is 0 Å². The lowest BCUT2D eigenvalue weighted by atomic mass is 10.1. The smallest absolute Gasteiger partial charge is 0.253 e. The van der Waals surface area contributed by atoms with Crippen LogP contribution in [0.1, 0.15) is 15.9 Å². The van der Waals surface area contributed by atoms with E-state index in [1.165, 1.54) is 0 Å². The summed E-state index contributed by atoms with van der Waals surface area (Å²) in [6, 6.07) is 5.40. The largest absolute Gasteiger partial charge is 0.387 e. The monoisotopic (exact) mass is 221 g/mol. The van der Waals surface area contributed by atoms with Crippen LogP contribution in [0.4, 0.5) is 5.69 Å². The normalized spacial score (nSPS) is 9.62. The van der Waals surface area contributed by atoms with Gasteiger partial charge in [0.1, 0.15) is 0 Å². The van der Waals surface area contributed by atoms with Gasteiger partial charge in [0.25, 0.3) is 5.91 Å². The fourth-order valence-electron chi connectivity index (χ4n) is 1.33. The minimum absolute atomic E-state index is 0.157. The van der Waals surface area contributed by atoms with E-state index in [1.54, 1.807) is 13.1 Å². The van der Waals surface area contributed by atoms with Gasteiger partial charge in [-0.2, -0.15) is 0 Å². The predicted octanol–water partition coefficient (Wildman–Crippen LogP) is 0.252. The zero-order valence-corrected chi connectivity index (χ0v) is 9.33. The molecular formula is C11H15N3O2. The molecule has 0 aromatic heterocycles. The second-order valence-corrected chi connectivity index (χ2v) is 3.45. The summed E-state index contributed by atoms with van der Waals surface area (Å²) >= 11 is 0. The number of amides is 2. The number of anilines is 1. The van der Waals surface area contributed by atoms with Gasteiger partial charge in [-0.25, -0.2) is 0 Å². The Bertz CT molecular complexity index is 416. The van der Waals surface area contributed by atoms with Gasteiger partial charge >= 0.3 is 0 Å². The first-order valence-corrected chi connectivity index (χ1v) is 4.89. The maximum absolute atomic E-state index is 11.7. The van der Waals surface area contributed by atoms with Crippen molar-refractivity contribution < 1.29 is 9.59 Å². The number of hydrogen-bond acceptors (Lipinski definition) is 3. The Morgan fingerprint density at radius 1 is 1.38 bits per heavy atom. The molecule has 2 amide bonds. The van der Waals surface area contributed by atoms with Crippen molar-refractivity contribution in [3.63, 3.8) is 0 Å². The molecule has 0 aliphatic rings. The second kappa shape index (κ2) is 5.16. The number of nitrogens with one attached hydrogen (secondary N) is 2. The van der Waals surface area contributed by atoms with Crippen molar-refractivity contribution in [3.8, 4) is 0 Å². The van der Waals surface area contributed by atoms with Crippen molar-refractivity contribution in [1.82, 2.24) is 5.32 Å². The molecule has 0 saturated carbocycles. The van der Waals surface area contributed by atoms with Crippen molar-refractivity contribution in [2.24, 2.45) is 5.73 Å². The van der Waals surface area contributed by atoms with Crippen molar-refractivity contribution >= 4 is 17.5 Å². The van der Waals surface area contributed by atoms with E-state index in [0.717, 1.165) is 11.3 Å². The van der Waals surface area contributed by atoms with Crippen LogP contribution in [-0.4, -0.2) is 25.4 Å². The third-order valence-electron chi connectivity index (χ3n) is 2.11. The number of hydrogen-bond donors (Lipinski definition) is 3. The SMILES string of the molecule is CNc1cc(C)ccc1C(=O)NCC(N)=O. The Morgan fingerprint density at radius 2 is 2.06 bits per heavy atom. The van der Waals surface area contributed by atoms with Gasteiger partial charge in [0.15, 0.2) is 0 Å². The minimum Gasteiger partial charge on any atom is -0.387 e. The summed E-state index contributed by atoms with van der Waals surface area (Å²) in [6.45, 7) is 1.78. The third-order valence-corrected chi connectivity index (χ3v) is 2.11. The zero-order valence-electron chi connectivity index (χ0n) is 9.33. The topological polar surface area (TPSA) is 84.2 Å². The second-order valence-electron chi connectivity index (χ2n) is 3.45. The molecule has 0 saturated heterocycles. The Kier molecular flexibility index (Phi) is 3.88. The fourth-order valence-corrected chi connectivity index (χ4v) is 1.33. The molecule has 5 nitrogen and oxygen atoms in total. The Labute approximate surface area is 94.0 Å². The lowest BCUT2D eigenvalue weighted by Gasteiger charge is -2.09. The number of carbonyl (C=O) groups excluding carboxylic acids is 2. The summed E-state index contributed by atoms with van der Waals surface area (Å²) in [6.07, 6.45) is 0. The van der Waals surface area contributed by atoms with Gasteiger partial charge < -0.3 is 16.4 Å². The van der Waals surface area contributed by atoms with Crippen molar-refractivity contribution in [2.45, 2.75) is 6.92 Å². The maximum Gasteiger partial charge on any atom is 0.253 e. The number of primary amides is 1. The summed E-state index contributed by atoms with van der Waals surface area (Å²) in [5, 5.41) is 5.37. The average Bonchev–Trinajstić information content (AvgIpc) is 2.25. The quantitative estimate of drug-likeness (QED) is 0.681. The lowest BCUT2D eigenvalue weighted by Crippen LogP contribution is -2.33. The number of rotatable bonds is 4. The van der Waals surface area contributed by atoms with Gasteiger partial charge in [-0.15, -0.1) is 0 Å². The van der Waals surface area contributed by atoms with Crippen LogP contribution in [0.2, 0.25) is 0 Å². The van der Waals surface area contributed by atoms with E-state index in [0.29, 0.717) is 5.56 Å². The molecule has 0 aliphatic carbocycles. The summed E-state index contributed by atoms with van der Waals surface area (Å²) in [4.78, 5) is 22.2. The fraction of sp³-hybridized carbons (Fsp3) is 0.273. The van der Waals surface area contributed by atoms with Gasteiger partial charge in [-0.3, -0.25) is 9.59 Å². The van der Waals surface area contributed by atoms with E-state index in [-0.39, 0.29) is 12.5 Å². The molecule has 0 fully saturated rings. The van der Waals surface area contributed by atoms with Crippen LogP contribution in [0.15, 0.2) is 18.2 Å². The van der Waals surface area contributed by atoms with Gasteiger partial charge in [0, 0.05) is 12.7 Å². The van der Waals surface area contributed by atoms with Gasteiger partial charge in [0.05, 0.1) is 12.1 Å². The Balaban J connectivity index is 2.86. The van der Waals surface area contributed by atoms with Crippen LogP contribution >= 0.6 is 0 Å². The van der Waals surface area contributed by atoms with Crippen molar-refractivity contribution in [1.29, 1.82) is 0 Å². The van der Waals surface area contributed by atoms with Crippen molar-refractivity contribution in [3.05, 3.63) is 29.3 Å². The molecule has 0 bridgehead atoms. The molecule has 4 N–H and O–H groups in total. The summed E-state index contributed by atoms with van der Waals surface area (Å²) in [5.41, 5.74) is 7.21. The maximum atomic E-state index is 11.7. The highest BCUT2D eigenvalue weighted by Crippen LogP contribution is 2.16. The highest BCUT2D eigenvalue weighted by atomic mass is 16.2. The molecule has 0 unspecified atom stereocenters. The van der Waals surface area contributed by atoms with Crippen LogP contribution in [0, 0.1) is 6.92 Å². The number of aryl methyl sites for hydroxylation is 1. The number of benzene rings is 1. The molecule has 0 spiro atoms. The molecule has 1 aromatic rings. The van der Waals surface area contributed by atoms with Crippen molar-refractivity contribution in [2.75, 3.05) is 18.9 Å². The Hall–Kier alpha value is -2.04. The third kappa shape index (κ3) is 2.98. The average molecular weight is 221 g/mol. The molecule has 0 heterocycles. The van der Waals surface area contributed by atoms with E-state index < -0.39 is 5.91 Å². The van der Waals surface area contributed by atoms with Gasteiger partial charge in [0.2, 0.25) is 5.91 Å². The van der Waals surface area contributed by atoms with Crippen LogP contribution in [-0.2, 0) is 4.79 Å². The van der Waals surface area contributed by atoms with E-state index in [1.807, 2.05) is 19.1 Å². The van der Waals surface area contributed by atoms with E-state index in [2.05, 4.69) is 10.6 Å². The van der Waals surface area contributed by atoms with Gasteiger partial charge in [-0.1, -0.05) is 6.07 Å². The summed E-state index contributed by atoms with van der Waals surface area (Å²) in [5.74, 6) is -0.880. The van der Waals surface area contributed by atoms with Crippen LogP contribution in [0.3, 0.4) is 0 Å². The van der Waals surface area contributed by atoms with Crippen LogP contribution in [0.25, 0.3) is 0 Å². The predicted molar refractivity (Wildman–Crippen MR) is 62.3 cm³/mol. The highest BCUT2D eigenvalue weighted by Gasteiger charge is 2.10. The Morgan fingerprint density at radius 3 is 2.62 bits per heavy atom. The summed E-state index contributed by atoms with van der Waals surface area (Å²) in [7, 11) is 1.74. The molecule has 1 aromatic carbocycles. The zero-order chi connectivity index (χ0) is 12.1. The first-order chi connectivity index (χ1) is 7.54. The molecule has 5 heteroatoms. The van der Waals surface area contributed by atoms with Crippen LogP contribution in [0.5, 0.6) is 0 Å². The van der Waals surface area contributed by atoms with Crippen LogP contribution < -0.4 is 16.4 Å². The van der Waals surface area contributed by atoms with E-state index in [9.17, 15) is 9.59 Å². The minimum atomic E-state index is -0.563. The van der Waals surface area contributed by atoms with E-state index in [4.69, 9.17) is 5.73 Å². The molecule has 86 valence electrons. The highest BCUT2D eigenvalue weighted by molar-refractivity contribution is 6.01. The number of nitrogens with two attached hydrogens (primary N) is 1. The molecule has 16 heavy (non-hydrogen) atoms. The lowest BCUT2D eigenvalue weighted by molar-refractivity contribution is -0.117. The van der Waals surface area contributed by atoms with Gasteiger partial charge in [-0.05, 0) is 24.6 Å². The molecule has 0 radical (unpaired) electrons.